The Labute approximate surface area is 123 Å². The lowest BCUT2D eigenvalue weighted by Gasteiger charge is -2.13. The van der Waals surface area contributed by atoms with E-state index in [0.717, 1.165) is 5.56 Å². The number of nitrogens with zero attached hydrogens (tertiary/aromatic N) is 1. The molecule has 0 aliphatic carbocycles. The number of carbonyl (C=O) groups is 1. The summed E-state index contributed by atoms with van der Waals surface area (Å²) < 4.78 is 15.8. The largest absolute Gasteiger partial charge is 0.493 e. The number of hydrogen-bond donors (Lipinski definition) is 0. The van der Waals surface area contributed by atoms with E-state index in [2.05, 4.69) is 4.98 Å². The van der Waals surface area contributed by atoms with Gasteiger partial charge in [-0.3, -0.25) is 9.78 Å². The first kappa shape index (κ1) is 14.8. The molecule has 5 heteroatoms. The maximum absolute atomic E-state index is 12.5. The second-order valence-corrected chi connectivity index (χ2v) is 4.49. The highest BCUT2D eigenvalue weighted by molar-refractivity contribution is 6.09. The number of aromatic nitrogens is 1. The molecule has 1 heterocycles. The Morgan fingerprint density at radius 2 is 1.52 bits per heavy atom. The van der Waals surface area contributed by atoms with Crippen LogP contribution < -0.4 is 14.2 Å². The number of carbonyl (C=O) groups excluding carboxylic acids is 1. The lowest BCUT2D eigenvalue weighted by molar-refractivity contribution is 0.103. The van der Waals surface area contributed by atoms with Crippen molar-refractivity contribution >= 4 is 5.78 Å². The number of ketones is 1. The molecule has 0 radical (unpaired) electrons. The number of rotatable bonds is 5. The van der Waals surface area contributed by atoms with Crippen LogP contribution >= 0.6 is 0 Å². The third kappa shape index (κ3) is 2.97. The molecule has 110 valence electrons. The zero-order valence-corrected chi connectivity index (χ0v) is 12.5. The van der Waals surface area contributed by atoms with Crippen LogP contribution in [-0.4, -0.2) is 32.1 Å². The molecule has 0 fully saturated rings. The van der Waals surface area contributed by atoms with E-state index in [-0.39, 0.29) is 5.78 Å². The molecule has 0 spiro atoms. The Morgan fingerprint density at radius 1 is 0.905 bits per heavy atom. The van der Waals surface area contributed by atoms with Crippen molar-refractivity contribution in [3.63, 3.8) is 0 Å². The minimum absolute atomic E-state index is 0.148. The summed E-state index contributed by atoms with van der Waals surface area (Å²) in [6.07, 6.45) is 3.24. The van der Waals surface area contributed by atoms with Crippen molar-refractivity contribution < 1.29 is 19.0 Å². The predicted octanol–water partition coefficient (Wildman–Crippen LogP) is 2.65. The van der Waals surface area contributed by atoms with Crippen LogP contribution in [0.2, 0.25) is 0 Å². The zero-order chi connectivity index (χ0) is 15.4. The van der Waals surface area contributed by atoms with Crippen molar-refractivity contribution in [1.82, 2.24) is 4.98 Å². The molecule has 1 aromatic carbocycles. The Hall–Kier alpha value is -2.56. The molecule has 0 N–H and O–H groups in total. The Balaban J connectivity index is 2.51. The molecule has 0 saturated carbocycles. The topological polar surface area (TPSA) is 57.7 Å². The minimum Gasteiger partial charge on any atom is -0.493 e. The SMILES string of the molecule is COc1cc(C(=O)c2cncc(C)c2)cc(OC)c1OC. The highest BCUT2D eigenvalue weighted by atomic mass is 16.5. The number of pyridine rings is 1. The van der Waals surface area contributed by atoms with Crippen molar-refractivity contribution in [2.24, 2.45) is 0 Å². The maximum atomic E-state index is 12.5. The van der Waals surface area contributed by atoms with E-state index in [0.29, 0.717) is 28.4 Å². The van der Waals surface area contributed by atoms with Gasteiger partial charge >= 0.3 is 0 Å². The van der Waals surface area contributed by atoms with Gasteiger partial charge in [-0.2, -0.15) is 0 Å². The van der Waals surface area contributed by atoms with Crippen molar-refractivity contribution in [3.8, 4) is 17.2 Å². The maximum Gasteiger partial charge on any atom is 0.203 e. The van der Waals surface area contributed by atoms with Crippen molar-refractivity contribution in [1.29, 1.82) is 0 Å². The number of ether oxygens (including phenoxy) is 3. The fraction of sp³-hybridized carbons (Fsp3) is 0.250. The van der Waals surface area contributed by atoms with Gasteiger partial charge in [0.1, 0.15) is 0 Å². The molecule has 5 nitrogen and oxygen atoms in total. The average Bonchev–Trinajstić information content (AvgIpc) is 2.52. The third-order valence-corrected chi connectivity index (χ3v) is 3.06. The Kier molecular flexibility index (Phi) is 4.42. The van der Waals surface area contributed by atoms with Gasteiger partial charge in [-0.05, 0) is 30.7 Å². The van der Waals surface area contributed by atoms with Gasteiger partial charge in [0.05, 0.1) is 21.3 Å². The fourth-order valence-corrected chi connectivity index (χ4v) is 2.06. The molecule has 0 saturated heterocycles. The summed E-state index contributed by atoms with van der Waals surface area (Å²) in [5.41, 5.74) is 1.90. The molecular formula is C16H17NO4. The number of aryl methyl sites for hydroxylation is 1. The fourth-order valence-electron chi connectivity index (χ4n) is 2.06. The monoisotopic (exact) mass is 287 g/mol. The first-order valence-corrected chi connectivity index (χ1v) is 6.37. The van der Waals surface area contributed by atoms with Gasteiger partial charge in [0, 0.05) is 23.5 Å². The van der Waals surface area contributed by atoms with Crippen LogP contribution in [-0.2, 0) is 0 Å². The molecule has 0 atom stereocenters. The first-order chi connectivity index (χ1) is 10.1. The molecule has 1 aromatic heterocycles. The zero-order valence-electron chi connectivity index (χ0n) is 12.5. The smallest absolute Gasteiger partial charge is 0.203 e. The molecule has 2 aromatic rings. The standard InChI is InChI=1S/C16H17NO4/c1-10-5-12(9-17-8-10)15(18)11-6-13(19-2)16(21-4)14(7-11)20-3/h5-9H,1-4H3. The highest BCUT2D eigenvalue weighted by Crippen LogP contribution is 2.38. The van der Waals surface area contributed by atoms with E-state index in [4.69, 9.17) is 14.2 Å². The van der Waals surface area contributed by atoms with Gasteiger partial charge in [-0.1, -0.05) is 0 Å². The van der Waals surface area contributed by atoms with Crippen molar-refractivity contribution in [3.05, 3.63) is 47.3 Å². The second kappa shape index (κ2) is 6.26. The van der Waals surface area contributed by atoms with E-state index in [1.54, 1.807) is 30.6 Å². The minimum atomic E-state index is -0.148. The summed E-state index contributed by atoms with van der Waals surface area (Å²) in [4.78, 5) is 16.6. The molecule has 0 bridgehead atoms. The number of hydrogen-bond acceptors (Lipinski definition) is 5. The van der Waals surface area contributed by atoms with Gasteiger partial charge in [0.2, 0.25) is 5.75 Å². The average molecular weight is 287 g/mol. The van der Waals surface area contributed by atoms with E-state index < -0.39 is 0 Å². The molecule has 0 aliphatic heterocycles. The summed E-state index contributed by atoms with van der Waals surface area (Å²) in [5, 5.41) is 0. The quantitative estimate of drug-likeness (QED) is 0.791. The number of benzene rings is 1. The van der Waals surface area contributed by atoms with E-state index in [1.165, 1.54) is 21.3 Å². The molecule has 0 amide bonds. The van der Waals surface area contributed by atoms with Gasteiger partial charge in [0.25, 0.3) is 0 Å². The van der Waals surface area contributed by atoms with Gasteiger partial charge in [0.15, 0.2) is 17.3 Å². The summed E-state index contributed by atoms with van der Waals surface area (Å²) in [5.74, 6) is 1.20. The predicted molar refractivity (Wildman–Crippen MR) is 78.5 cm³/mol. The first-order valence-electron chi connectivity index (χ1n) is 6.37. The molecule has 0 aliphatic rings. The number of methoxy groups -OCH3 is 3. The summed E-state index contributed by atoms with van der Waals surface area (Å²) in [6.45, 7) is 1.89. The molecular weight excluding hydrogens is 270 g/mol. The van der Waals surface area contributed by atoms with Gasteiger partial charge in [-0.25, -0.2) is 0 Å². The van der Waals surface area contributed by atoms with Crippen molar-refractivity contribution in [2.75, 3.05) is 21.3 Å². The van der Waals surface area contributed by atoms with Crippen molar-refractivity contribution in [2.45, 2.75) is 6.92 Å². The van der Waals surface area contributed by atoms with Crippen LogP contribution in [0.15, 0.2) is 30.6 Å². The van der Waals surface area contributed by atoms with E-state index in [9.17, 15) is 4.79 Å². The van der Waals surface area contributed by atoms with Gasteiger partial charge < -0.3 is 14.2 Å². The summed E-state index contributed by atoms with van der Waals surface area (Å²) >= 11 is 0. The van der Waals surface area contributed by atoms with Crippen LogP contribution in [0.3, 0.4) is 0 Å². The van der Waals surface area contributed by atoms with Crippen LogP contribution in [0.5, 0.6) is 17.2 Å². The molecule has 21 heavy (non-hydrogen) atoms. The normalized spacial score (nSPS) is 10.1. The Bertz CT molecular complexity index is 642. The molecule has 0 unspecified atom stereocenters. The Morgan fingerprint density at radius 3 is 2.00 bits per heavy atom. The molecule has 2 rings (SSSR count). The lowest BCUT2D eigenvalue weighted by Crippen LogP contribution is -2.05. The summed E-state index contributed by atoms with van der Waals surface area (Å²) in [6, 6.07) is 5.05. The summed E-state index contributed by atoms with van der Waals surface area (Å²) in [7, 11) is 4.55. The highest BCUT2D eigenvalue weighted by Gasteiger charge is 2.18. The van der Waals surface area contributed by atoms with Crippen LogP contribution in [0.1, 0.15) is 21.5 Å². The van der Waals surface area contributed by atoms with Crippen LogP contribution in [0.4, 0.5) is 0 Å². The van der Waals surface area contributed by atoms with Crippen LogP contribution in [0, 0.1) is 6.92 Å². The lowest BCUT2D eigenvalue weighted by atomic mass is 10.0. The van der Waals surface area contributed by atoms with Gasteiger partial charge in [-0.15, -0.1) is 0 Å². The van der Waals surface area contributed by atoms with E-state index >= 15 is 0 Å². The third-order valence-electron chi connectivity index (χ3n) is 3.06. The van der Waals surface area contributed by atoms with Crippen LogP contribution in [0.25, 0.3) is 0 Å². The second-order valence-electron chi connectivity index (χ2n) is 4.49. The van der Waals surface area contributed by atoms with E-state index in [1.807, 2.05) is 6.92 Å².